The summed E-state index contributed by atoms with van der Waals surface area (Å²) in [4.78, 5) is 31.9. The lowest BCUT2D eigenvalue weighted by Crippen LogP contribution is -2.19. The van der Waals surface area contributed by atoms with Crippen LogP contribution in [0.25, 0.3) is 38.4 Å². The van der Waals surface area contributed by atoms with E-state index in [1.54, 1.807) is 18.5 Å². The summed E-state index contributed by atoms with van der Waals surface area (Å²) in [5, 5.41) is 12.7. The molecule has 2 aliphatic carbocycles. The first-order chi connectivity index (χ1) is 15.6. The Morgan fingerprint density at radius 2 is 1.94 bits per heavy atom. The molecular formula is C27H20N2O3. The van der Waals surface area contributed by atoms with Crippen LogP contribution in [-0.4, -0.2) is 21.0 Å². The molecule has 0 radical (unpaired) electrons. The number of rotatable bonds is 2. The van der Waals surface area contributed by atoms with E-state index in [2.05, 4.69) is 34.3 Å². The van der Waals surface area contributed by atoms with Gasteiger partial charge in [0.15, 0.2) is 0 Å². The Labute approximate surface area is 183 Å². The van der Waals surface area contributed by atoms with E-state index in [4.69, 9.17) is 0 Å². The van der Waals surface area contributed by atoms with E-state index in [1.165, 1.54) is 22.3 Å². The molecule has 4 aromatic rings. The van der Waals surface area contributed by atoms with Crippen molar-refractivity contribution in [1.29, 1.82) is 0 Å². The van der Waals surface area contributed by atoms with Gasteiger partial charge in [0.2, 0.25) is 0 Å². The zero-order valence-electron chi connectivity index (χ0n) is 17.3. The molecular weight excluding hydrogens is 400 g/mol. The first-order valence-corrected chi connectivity index (χ1v) is 10.8. The topological polar surface area (TPSA) is 83.0 Å². The van der Waals surface area contributed by atoms with Crippen molar-refractivity contribution >= 4 is 33.2 Å². The minimum absolute atomic E-state index is 0.246. The molecule has 0 fully saturated rings. The minimum atomic E-state index is -1.24. The average Bonchev–Trinajstić information content (AvgIpc) is 2.82. The van der Waals surface area contributed by atoms with Gasteiger partial charge in [-0.3, -0.25) is 9.78 Å². The Hall–Kier alpha value is -3.99. The number of benzene rings is 2. The molecule has 0 saturated heterocycles. The fourth-order valence-electron chi connectivity index (χ4n) is 5.32. The zero-order chi connectivity index (χ0) is 21.8. The number of aromatic amines is 1. The van der Waals surface area contributed by atoms with Gasteiger partial charge >= 0.3 is 5.97 Å². The summed E-state index contributed by atoms with van der Waals surface area (Å²) >= 11 is 0. The summed E-state index contributed by atoms with van der Waals surface area (Å²) in [5.41, 5.74) is 6.15. The Kier molecular flexibility index (Phi) is 4.12. The molecule has 156 valence electrons. The third kappa shape index (κ3) is 2.67. The van der Waals surface area contributed by atoms with Gasteiger partial charge in [-0.05, 0) is 64.8 Å². The number of H-pyrrole nitrogens is 1. The van der Waals surface area contributed by atoms with Crippen molar-refractivity contribution in [3.05, 3.63) is 93.6 Å². The van der Waals surface area contributed by atoms with Crippen LogP contribution in [-0.2, 0) is 6.42 Å². The van der Waals surface area contributed by atoms with E-state index >= 15 is 0 Å². The minimum Gasteiger partial charge on any atom is -0.477 e. The molecule has 0 atom stereocenters. The predicted octanol–water partition coefficient (Wildman–Crippen LogP) is 5.49. The smallest absolute Gasteiger partial charge is 0.342 e. The van der Waals surface area contributed by atoms with Gasteiger partial charge in [0, 0.05) is 23.3 Å². The highest BCUT2D eigenvalue weighted by Gasteiger charge is 2.25. The van der Waals surface area contributed by atoms with E-state index in [1.807, 2.05) is 18.2 Å². The number of pyridine rings is 2. The van der Waals surface area contributed by atoms with E-state index in [0.717, 1.165) is 42.0 Å². The van der Waals surface area contributed by atoms with Crippen LogP contribution in [0, 0.1) is 0 Å². The van der Waals surface area contributed by atoms with Crippen molar-refractivity contribution in [3.63, 3.8) is 0 Å². The molecule has 5 heteroatoms. The third-order valence-corrected chi connectivity index (χ3v) is 6.70. The van der Waals surface area contributed by atoms with Crippen LogP contribution < -0.4 is 5.56 Å². The number of aryl methyl sites for hydroxylation is 1. The van der Waals surface area contributed by atoms with E-state index in [-0.39, 0.29) is 5.56 Å². The van der Waals surface area contributed by atoms with Crippen molar-refractivity contribution in [2.75, 3.05) is 0 Å². The number of aromatic carboxylic acids is 1. The molecule has 0 amide bonds. The summed E-state index contributed by atoms with van der Waals surface area (Å²) in [6.45, 7) is 0. The number of carbonyl (C=O) groups is 1. The van der Waals surface area contributed by atoms with Crippen molar-refractivity contribution in [2.24, 2.45) is 0 Å². The molecule has 6 rings (SSSR count). The quantitative estimate of drug-likeness (QED) is 0.449. The standard InChI is InChI=1S/C27H20N2O3/c30-26-25(27(31)32)24(21-14-28-13-12-22(21)29-26)20-7-3-5-16-9-10-18-17-6-2-1-4-15(17)8-11-19(18)23(16)20/h2-3,5-7,9-10,12-14H,1,4,8,11H2,(H,29,30)(H,31,32). The van der Waals surface area contributed by atoms with Crippen LogP contribution in [0.15, 0.2) is 71.3 Å². The maximum atomic E-state index is 12.8. The van der Waals surface area contributed by atoms with E-state index < -0.39 is 11.5 Å². The average molecular weight is 420 g/mol. The lowest BCUT2D eigenvalue weighted by Gasteiger charge is -2.26. The molecule has 2 N–H and O–H groups in total. The normalized spacial score (nSPS) is 15.1. The van der Waals surface area contributed by atoms with Gasteiger partial charge in [0.25, 0.3) is 5.56 Å². The van der Waals surface area contributed by atoms with Crippen LogP contribution in [0.5, 0.6) is 0 Å². The fraction of sp³-hybridized carbons (Fsp3) is 0.148. The van der Waals surface area contributed by atoms with E-state index in [0.29, 0.717) is 16.5 Å². The highest BCUT2D eigenvalue weighted by Crippen LogP contribution is 2.43. The molecule has 5 nitrogen and oxygen atoms in total. The van der Waals surface area contributed by atoms with Crippen LogP contribution in [0.2, 0.25) is 0 Å². The number of carboxylic acid groups (broad SMARTS) is 1. The zero-order valence-corrected chi connectivity index (χ0v) is 17.3. The predicted molar refractivity (Wildman–Crippen MR) is 126 cm³/mol. The number of nitrogens with one attached hydrogen (secondary N) is 1. The Bertz CT molecular complexity index is 1570. The van der Waals surface area contributed by atoms with Crippen LogP contribution >= 0.6 is 0 Å². The Morgan fingerprint density at radius 1 is 1.03 bits per heavy atom. The largest absolute Gasteiger partial charge is 0.477 e. The number of hydrogen-bond acceptors (Lipinski definition) is 3. The molecule has 0 spiro atoms. The second kappa shape index (κ2) is 7.02. The van der Waals surface area contributed by atoms with E-state index in [9.17, 15) is 14.7 Å². The number of allylic oxidation sites excluding steroid dienone is 4. The van der Waals surface area contributed by atoms with Crippen molar-refractivity contribution in [3.8, 4) is 11.1 Å². The summed E-state index contributed by atoms with van der Waals surface area (Å²) in [6.07, 6.45) is 11.8. The third-order valence-electron chi connectivity index (χ3n) is 6.70. The number of hydrogen-bond donors (Lipinski definition) is 2. The van der Waals surface area contributed by atoms with Crippen molar-refractivity contribution in [1.82, 2.24) is 9.97 Å². The molecule has 0 saturated carbocycles. The highest BCUT2D eigenvalue weighted by molar-refractivity contribution is 6.13. The molecule has 2 aromatic carbocycles. The van der Waals surface area contributed by atoms with Crippen molar-refractivity contribution in [2.45, 2.75) is 25.7 Å². The second-order valence-corrected chi connectivity index (χ2v) is 8.38. The molecule has 0 bridgehead atoms. The Balaban J connectivity index is 1.77. The maximum absolute atomic E-state index is 12.8. The number of aromatic nitrogens is 2. The SMILES string of the molecule is O=C(O)c1c(-c2cccc3ccc4c(c23)CCC2=C4C=CCC2)c2cnccc2[nH]c1=O. The van der Waals surface area contributed by atoms with Gasteiger partial charge in [0.05, 0.1) is 5.52 Å². The highest BCUT2D eigenvalue weighted by atomic mass is 16.4. The fourth-order valence-corrected chi connectivity index (χ4v) is 5.32. The first kappa shape index (κ1) is 18.8. The number of fused-ring (bicyclic) bond motifs is 5. The van der Waals surface area contributed by atoms with Crippen LogP contribution in [0.4, 0.5) is 0 Å². The van der Waals surface area contributed by atoms with Gasteiger partial charge in [0.1, 0.15) is 5.56 Å². The van der Waals surface area contributed by atoms with Crippen LogP contribution in [0.3, 0.4) is 0 Å². The summed E-state index contributed by atoms with van der Waals surface area (Å²) in [5.74, 6) is -1.24. The van der Waals surface area contributed by atoms with Gasteiger partial charge in [-0.15, -0.1) is 0 Å². The van der Waals surface area contributed by atoms with Gasteiger partial charge in [-0.25, -0.2) is 4.79 Å². The molecule has 0 aliphatic heterocycles. The van der Waals surface area contributed by atoms with Gasteiger partial charge in [-0.2, -0.15) is 0 Å². The summed E-state index contributed by atoms with van der Waals surface area (Å²) in [6, 6.07) is 11.9. The summed E-state index contributed by atoms with van der Waals surface area (Å²) < 4.78 is 0. The molecule has 2 aliphatic rings. The summed E-state index contributed by atoms with van der Waals surface area (Å²) in [7, 11) is 0. The maximum Gasteiger partial charge on any atom is 0.342 e. The second-order valence-electron chi connectivity index (χ2n) is 8.38. The first-order valence-electron chi connectivity index (χ1n) is 10.8. The lowest BCUT2D eigenvalue weighted by molar-refractivity contribution is 0.0696. The van der Waals surface area contributed by atoms with Crippen LogP contribution in [0.1, 0.15) is 40.7 Å². The molecule has 32 heavy (non-hydrogen) atoms. The monoisotopic (exact) mass is 420 g/mol. The number of nitrogens with zero attached hydrogens (tertiary/aromatic N) is 1. The Morgan fingerprint density at radius 3 is 2.81 bits per heavy atom. The molecule has 0 unspecified atom stereocenters. The molecule has 2 heterocycles. The molecule has 2 aromatic heterocycles. The lowest BCUT2D eigenvalue weighted by atomic mass is 9.78. The number of carboxylic acids is 1. The van der Waals surface area contributed by atoms with Gasteiger partial charge < -0.3 is 10.1 Å². The van der Waals surface area contributed by atoms with Crippen molar-refractivity contribution < 1.29 is 9.90 Å². The van der Waals surface area contributed by atoms with Gasteiger partial charge in [-0.1, -0.05) is 48.1 Å².